The van der Waals surface area contributed by atoms with Gasteiger partial charge in [-0.1, -0.05) is 13.8 Å². The Kier molecular flexibility index (Phi) is 5.44. The third-order valence-corrected chi connectivity index (χ3v) is 1.81. The van der Waals surface area contributed by atoms with Gasteiger partial charge in [-0.2, -0.15) is 0 Å². The van der Waals surface area contributed by atoms with E-state index in [-0.39, 0.29) is 5.92 Å². The van der Waals surface area contributed by atoms with Gasteiger partial charge in [0.2, 0.25) is 0 Å². The summed E-state index contributed by atoms with van der Waals surface area (Å²) in [6.07, 6.45) is -0.960. The van der Waals surface area contributed by atoms with E-state index in [9.17, 15) is 9.59 Å². The van der Waals surface area contributed by atoms with Crippen LogP contribution >= 0.6 is 0 Å². The molecule has 0 aliphatic heterocycles. The maximum Gasteiger partial charge on any atom is 0.516 e. The number of ether oxygens (including phenoxy) is 2. The third kappa shape index (κ3) is 5.70. The Balaban J connectivity index is 4.29. The SMILES string of the molecule is CN[C@H](C(=O)OC(=O)OC(C)(C)C)C(C)C. The van der Waals surface area contributed by atoms with Gasteiger partial charge in [-0.15, -0.1) is 0 Å². The van der Waals surface area contributed by atoms with E-state index in [1.807, 2.05) is 13.8 Å². The van der Waals surface area contributed by atoms with Crippen LogP contribution in [0.1, 0.15) is 34.6 Å². The molecule has 1 atom stereocenters. The summed E-state index contributed by atoms with van der Waals surface area (Å²) in [4.78, 5) is 22.7. The van der Waals surface area contributed by atoms with E-state index in [4.69, 9.17) is 4.74 Å². The molecule has 0 aliphatic carbocycles. The lowest BCUT2D eigenvalue weighted by atomic mass is 10.1. The quantitative estimate of drug-likeness (QED) is 0.591. The predicted octanol–water partition coefficient (Wildman–Crippen LogP) is 1.71. The van der Waals surface area contributed by atoms with E-state index >= 15 is 0 Å². The highest BCUT2D eigenvalue weighted by Crippen LogP contribution is 2.10. The first-order chi connectivity index (χ1) is 7.17. The molecular formula is C11H21NO4. The Bertz CT molecular complexity index is 255. The summed E-state index contributed by atoms with van der Waals surface area (Å²) in [6, 6.07) is -0.507. The van der Waals surface area contributed by atoms with Crippen LogP contribution < -0.4 is 5.32 Å². The van der Waals surface area contributed by atoms with Crippen molar-refractivity contribution < 1.29 is 19.1 Å². The number of hydrogen-bond donors (Lipinski definition) is 1. The predicted molar refractivity (Wildman–Crippen MR) is 60.0 cm³/mol. The summed E-state index contributed by atoms with van der Waals surface area (Å²) in [5.74, 6) is -0.577. The topological polar surface area (TPSA) is 64.6 Å². The Morgan fingerprint density at radius 1 is 1.19 bits per heavy atom. The monoisotopic (exact) mass is 231 g/mol. The minimum absolute atomic E-state index is 0.0416. The number of likely N-dealkylation sites (N-methyl/N-ethyl adjacent to an activating group) is 1. The van der Waals surface area contributed by atoms with Gasteiger partial charge in [-0.05, 0) is 33.7 Å². The maximum absolute atomic E-state index is 11.5. The maximum atomic E-state index is 11.5. The van der Waals surface area contributed by atoms with Crippen LogP contribution in [0.3, 0.4) is 0 Å². The molecule has 0 heterocycles. The molecule has 5 nitrogen and oxygen atoms in total. The van der Waals surface area contributed by atoms with Gasteiger partial charge in [-0.3, -0.25) is 0 Å². The van der Waals surface area contributed by atoms with Crippen LogP contribution in [0.5, 0.6) is 0 Å². The molecule has 0 radical (unpaired) electrons. The van der Waals surface area contributed by atoms with Crippen molar-refractivity contribution in [3.05, 3.63) is 0 Å². The zero-order valence-electron chi connectivity index (χ0n) is 10.8. The first kappa shape index (κ1) is 14.9. The molecule has 5 heteroatoms. The van der Waals surface area contributed by atoms with Gasteiger partial charge in [0, 0.05) is 0 Å². The second kappa shape index (κ2) is 5.84. The fourth-order valence-electron chi connectivity index (χ4n) is 1.14. The summed E-state index contributed by atoms with van der Waals surface area (Å²) < 4.78 is 9.45. The summed E-state index contributed by atoms with van der Waals surface area (Å²) in [5.41, 5.74) is -0.662. The number of rotatable bonds is 3. The lowest BCUT2D eigenvalue weighted by Gasteiger charge is -2.21. The molecule has 0 saturated carbocycles. The lowest BCUT2D eigenvalue weighted by molar-refractivity contribution is -0.144. The number of hydrogen-bond acceptors (Lipinski definition) is 5. The number of esters is 1. The fourth-order valence-corrected chi connectivity index (χ4v) is 1.14. The second-order valence-electron chi connectivity index (χ2n) is 4.90. The molecule has 0 fully saturated rings. The van der Waals surface area contributed by atoms with Crippen molar-refractivity contribution in [1.82, 2.24) is 5.32 Å². The molecule has 1 N–H and O–H groups in total. The molecule has 0 spiro atoms. The Morgan fingerprint density at radius 3 is 2.00 bits per heavy atom. The Hall–Kier alpha value is -1.10. The van der Waals surface area contributed by atoms with Gasteiger partial charge in [0.1, 0.15) is 11.6 Å². The largest absolute Gasteiger partial charge is 0.516 e. The van der Waals surface area contributed by atoms with Crippen molar-refractivity contribution in [1.29, 1.82) is 0 Å². The molecule has 0 bridgehead atoms. The van der Waals surface area contributed by atoms with Crippen molar-refractivity contribution >= 4 is 12.1 Å². The Morgan fingerprint density at radius 2 is 1.69 bits per heavy atom. The molecular weight excluding hydrogens is 210 g/mol. The van der Waals surface area contributed by atoms with E-state index in [0.717, 1.165) is 0 Å². The lowest BCUT2D eigenvalue weighted by Crippen LogP contribution is -2.41. The normalized spacial score (nSPS) is 13.4. The molecule has 0 aromatic rings. The minimum Gasteiger partial charge on any atom is -0.428 e. The van der Waals surface area contributed by atoms with Gasteiger partial charge < -0.3 is 14.8 Å². The van der Waals surface area contributed by atoms with E-state index < -0.39 is 23.8 Å². The van der Waals surface area contributed by atoms with Crippen LogP contribution in [0.2, 0.25) is 0 Å². The molecule has 0 saturated heterocycles. The molecule has 0 amide bonds. The standard InChI is InChI=1S/C11H21NO4/c1-7(2)8(12-6)9(13)15-10(14)16-11(3,4)5/h7-8,12H,1-6H3/t8-/m0/s1. The van der Waals surface area contributed by atoms with Crippen LogP contribution in [-0.2, 0) is 14.3 Å². The molecule has 0 aliphatic rings. The third-order valence-electron chi connectivity index (χ3n) is 1.81. The molecule has 0 aromatic heterocycles. The second-order valence-corrected chi connectivity index (χ2v) is 4.90. The summed E-state index contributed by atoms with van der Waals surface area (Å²) in [6.45, 7) is 8.83. The van der Waals surface area contributed by atoms with Crippen LogP contribution in [-0.4, -0.2) is 30.8 Å². The Labute approximate surface area is 96.5 Å². The number of nitrogens with one attached hydrogen (secondary N) is 1. The van der Waals surface area contributed by atoms with E-state index in [0.29, 0.717) is 0 Å². The first-order valence-electron chi connectivity index (χ1n) is 5.29. The van der Waals surface area contributed by atoms with Crippen LogP contribution in [0, 0.1) is 5.92 Å². The number of carbonyl (C=O) groups is 2. The highest BCUT2D eigenvalue weighted by atomic mass is 16.7. The highest BCUT2D eigenvalue weighted by Gasteiger charge is 2.26. The molecule has 0 aromatic carbocycles. The van der Waals surface area contributed by atoms with E-state index in [1.165, 1.54) is 0 Å². The summed E-state index contributed by atoms with van der Waals surface area (Å²) in [5, 5.41) is 2.79. The van der Waals surface area contributed by atoms with Gasteiger partial charge >= 0.3 is 12.1 Å². The zero-order chi connectivity index (χ0) is 12.9. The molecule has 0 rings (SSSR count). The van der Waals surface area contributed by atoms with Gasteiger partial charge in [0.05, 0.1) is 0 Å². The van der Waals surface area contributed by atoms with Crippen molar-refractivity contribution in [2.24, 2.45) is 5.92 Å². The molecule has 0 unspecified atom stereocenters. The van der Waals surface area contributed by atoms with Crippen molar-refractivity contribution in [3.8, 4) is 0 Å². The van der Waals surface area contributed by atoms with Crippen LogP contribution in [0.15, 0.2) is 0 Å². The van der Waals surface area contributed by atoms with Gasteiger partial charge in [0.25, 0.3) is 0 Å². The van der Waals surface area contributed by atoms with Crippen LogP contribution in [0.25, 0.3) is 0 Å². The average Bonchev–Trinajstić information content (AvgIpc) is 1.99. The van der Waals surface area contributed by atoms with Crippen molar-refractivity contribution in [2.75, 3.05) is 7.05 Å². The summed E-state index contributed by atoms with van der Waals surface area (Å²) >= 11 is 0. The fraction of sp³-hybridized carbons (Fsp3) is 0.818. The van der Waals surface area contributed by atoms with Crippen LogP contribution in [0.4, 0.5) is 4.79 Å². The first-order valence-corrected chi connectivity index (χ1v) is 5.29. The summed E-state index contributed by atoms with van der Waals surface area (Å²) in [7, 11) is 1.64. The highest BCUT2D eigenvalue weighted by molar-refractivity contribution is 5.85. The molecule has 16 heavy (non-hydrogen) atoms. The van der Waals surface area contributed by atoms with E-state index in [2.05, 4.69) is 10.1 Å². The van der Waals surface area contributed by atoms with E-state index in [1.54, 1.807) is 27.8 Å². The van der Waals surface area contributed by atoms with Crippen molar-refractivity contribution in [3.63, 3.8) is 0 Å². The minimum atomic E-state index is -0.960. The number of carbonyl (C=O) groups excluding carboxylic acids is 2. The molecule has 94 valence electrons. The van der Waals surface area contributed by atoms with Crippen molar-refractivity contribution in [2.45, 2.75) is 46.3 Å². The average molecular weight is 231 g/mol. The van der Waals surface area contributed by atoms with Gasteiger partial charge in [0.15, 0.2) is 0 Å². The zero-order valence-corrected chi connectivity index (χ0v) is 10.8. The smallest absolute Gasteiger partial charge is 0.428 e. The van der Waals surface area contributed by atoms with Gasteiger partial charge in [-0.25, -0.2) is 9.59 Å².